The van der Waals surface area contributed by atoms with Crippen LogP contribution < -0.4 is 10.9 Å². The van der Waals surface area contributed by atoms with E-state index in [2.05, 4.69) is 0 Å². The van der Waals surface area contributed by atoms with Crippen LogP contribution >= 0.6 is 0 Å². The van der Waals surface area contributed by atoms with Crippen molar-refractivity contribution >= 4 is 5.69 Å². The number of hydrazine groups is 1. The number of nitrogens with two attached hydrogens (primary N) is 1. The fourth-order valence-corrected chi connectivity index (χ4v) is 1.52. The molecule has 15 heavy (non-hydrogen) atoms. The highest BCUT2D eigenvalue weighted by Gasteiger charge is 2.07. The van der Waals surface area contributed by atoms with Gasteiger partial charge in [0.15, 0.2) is 0 Å². The van der Waals surface area contributed by atoms with Crippen molar-refractivity contribution in [3.05, 3.63) is 41.4 Å². The van der Waals surface area contributed by atoms with E-state index in [1.165, 1.54) is 17.7 Å². The van der Waals surface area contributed by atoms with Crippen molar-refractivity contribution in [2.75, 3.05) is 5.01 Å². The van der Waals surface area contributed by atoms with E-state index in [1.807, 2.05) is 20.8 Å². The summed E-state index contributed by atoms with van der Waals surface area (Å²) < 4.78 is 12.7. The van der Waals surface area contributed by atoms with E-state index in [-0.39, 0.29) is 5.82 Å². The molecule has 2 nitrogen and oxygen atoms in total. The number of halogens is 1. The number of nitrogens with zero attached hydrogens (tertiary/aromatic N) is 1. The van der Waals surface area contributed by atoms with Gasteiger partial charge in [0.25, 0.3) is 0 Å². The van der Waals surface area contributed by atoms with Gasteiger partial charge in [-0.3, -0.25) is 5.01 Å². The Balaban J connectivity index is 2.98. The standard InChI is InChI=1S/C12H17FN2/c1-4-12(9(2)3)15(14)11-7-5-10(13)6-8-11/h5-8H,4,14H2,1-3H3. The summed E-state index contributed by atoms with van der Waals surface area (Å²) in [6, 6.07) is 6.17. The molecule has 1 aromatic carbocycles. The van der Waals surface area contributed by atoms with Crippen LogP contribution in [-0.4, -0.2) is 0 Å². The van der Waals surface area contributed by atoms with Gasteiger partial charge in [-0.2, -0.15) is 0 Å². The van der Waals surface area contributed by atoms with E-state index in [1.54, 1.807) is 17.1 Å². The molecule has 0 fully saturated rings. The second kappa shape index (κ2) is 4.94. The van der Waals surface area contributed by atoms with Crippen LogP contribution in [0.15, 0.2) is 35.5 Å². The molecule has 0 bridgehead atoms. The van der Waals surface area contributed by atoms with E-state index in [9.17, 15) is 4.39 Å². The van der Waals surface area contributed by atoms with Crippen LogP contribution in [0, 0.1) is 5.82 Å². The predicted molar refractivity (Wildman–Crippen MR) is 61.7 cm³/mol. The van der Waals surface area contributed by atoms with Crippen molar-refractivity contribution in [1.29, 1.82) is 0 Å². The predicted octanol–water partition coefficient (Wildman–Crippen LogP) is 3.21. The molecule has 82 valence electrons. The summed E-state index contributed by atoms with van der Waals surface area (Å²) in [5, 5.41) is 1.61. The second-order valence-electron chi connectivity index (χ2n) is 3.65. The summed E-state index contributed by atoms with van der Waals surface area (Å²) in [6.07, 6.45) is 0.857. The molecule has 2 N–H and O–H groups in total. The van der Waals surface area contributed by atoms with Crippen LogP contribution in [0.5, 0.6) is 0 Å². The first kappa shape index (κ1) is 11.7. The molecule has 0 saturated carbocycles. The van der Waals surface area contributed by atoms with E-state index >= 15 is 0 Å². The minimum absolute atomic E-state index is 0.248. The molecule has 0 unspecified atom stereocenters. The minimum atomic E-state index is -0.248. The first-order chi connectivity index (χ1) is 7.06. The molecule has 0 aromatic heterocycles. The first-order valence-electron chi connectivity index (χ1n) is 5.03. The molecule has 0 saturated heterocycles. The van der Waals surface area contributed by atoms with Crippen molar-refractivity contribution < 1.29 is 4.39 Å². The summed E-state index contributed by atoms with van der Waals surface area (Å²) in [6.45, 7) is 6.08. The lowest BCUT2D eigenvalue weighted by molar-refractivity contribution is 0.627. The Hall–Kier alpha value is -1.35. The highest BCUT2D eigenvalue weighted by molar-refractivity contribution is 5.50. The highest BCUT2D eigenvalue weighted by atomic mass is 19.1. The number of benzene rings is 1. The third kappa shape index (κ3) is 2.80. The monoisotopic (exact) mass is 208 g/mol. The minimum Gasteiger partial charge on any atom is -0.284 e. The number of anilines is 1. The van der Waals surface area contributed by atoms with Crippen LogP contribution in [0.3, 0.4) is 0 Å². The van der Waals surface area contributed by atoms with Gasteiger partial charge in [-0.1, -0.05) is 12.5 Å². The number of rotatable bonds is 3. The largest absolute Gasteiger partial charge is 0.284 e. The zero-order chi connectivity index (χ0) is 11.4. The molecule has 0 atom stereocenters. The van der Waals surface area contributed by atoms with Crippen molar-refractivity contribution in [2.24, 2.45) is 5.84 Å². The Kier molecular flexibility index (Phi) is 3.86. The number of hydrogen-bond acceptors (Lipinski definition) is 2. The van der Waals surface area contributed by atoms with Crippen molar-refractivity contribution in [1.82, 2.24) is 0 Å². The van der Waals surface area contributed by atoms with Gasteiger partial charge in [0.05, 0.1) is 5.69 Å². The topological polar surface area (TPSA) is 29.3 Å². The van der Waals surface area contributed by atoms with Gasteiger partial charge < -0.3 is 0 Å². The maximum Gasteiger partial charge on any atom is 0.123 e. The maximum atomic E-state index is 12.7. The van der Waals surface area contributed by atoms with Crippen LogP contribution in [-0.2, 0) is 0 Å². The van der Waals surface area contributed by atoms with Crippen LogP contribution in [0.25, 0.3) is 0 Å². The van der Waals surface area contributed by atoms with Crippen molar-refractivity contribution in [2.45, 2.75) is 27.2 Å². The molecule has 0 aliphatic rings. The van der Waals surface area contributed by atoms with Gasteiger partial charge in [0.2, 0.25) is 0 Å². The summed E-state index contributed by atoms with van der Waals surface area (Å²) >= 11 is 0. The van der Waals surface area contributed by atoms with Gasteiger partial charge in [-0.05, 0) is 44.5 Å². The fourth-order valence-electron chi connectivity index (χ4n) is 1.52. The van der Waals surface area contributed by atoms with E-state index in [0.29, 0.717) is 0 Å². The molecule has 0 amide bonds. The Labute approximate surface area is 90.2 Å². The maximum absolute atomic E-state index is 12.7. The van der Waals surface area contributed by atoms with Gasteiger partial charge in [0.1, 0.15) is 5.82 Å². The van der Waals surface area contributed by atoms with Crippen LogP contribution in [0.2, 0.25) is 0 Å². The second-order valence-corrected chi connectivity index (χ2v) is 3.65. The summed E-state index contributed by atoms with van der Waals surface area (Å²) in [5.41, 5.74) is 3.03. The van der Waals surface area contributed by atoms with E-state index in [4.69, 9.17) is 5.84 Å². The molecule has 0 spiro atoms. The normalized spacial score (nSPS) is 9.93. The SMILES string of the molecule is CCC(=C(C)C)N(N)c1ccc(F)cc1. The van der Waals surface area contributed by atoms with Gasteiger partial charge in [-0.15, -0.1) is 0 Å². The quantitative estimate of drug-likeness (QED) is 0.610. The average molecular weight is 208 g/mol. The molecular weight excluding hydrogens is 191 g/mol. The molecular formula is C12H17FN2. The zero-order valence-electron chi connectivity index (χ0n) is 9.42. The summed E-state index contributed by atoms with van der Waals surface area (Å²) in [4.78, 5) is 0. The van der Waals surface area contributed by atoms with Crippen LogP contribution in [0.4, 0.5) is 10.1 Å². The van der Waals surface area contributed by atoms with Crippen LogP contribution in [0.1, 0.15) is 27.2 Å². The average Bonchev–Trinajstić information content (AvgIpc) is 2.19. The third-order valence-corrected chi connectivity index (χ3v) is 2.31. The summed E-state index contributed by atoms with van der Waals surface area (Å²) in [7, 11) is 0. The molecule has 1 aromatic rings. The lowest BCUT2D eigenvalue weighted by atomic mass is 10.2. The molecule has 0 radical (unpaired) electrons. The van der Waals surface area contributed by atoms with Gasteiger partial charge >= 0.3 is 0 Å². The molecule has 0 aliphatic carbocycles. The third-order valence-electron chi connectivity index (χ3n) is 2.31. The van der Waals surface area contributed by atoms with Gasteiger partial charge in [-0.25, -0.2) is 10.2 Å². The zero-order valence-corrected chi connectivity index (χ0v) is 9.42. The molecule has 3 heteroatoms. The Bertz CT molecular complexity index is 350. The number of allylic oxidation sites excluding steroid dienone is 2. The lowest BCUT2D eigenvalue weighted by Crippen LogP contribution is -2.30. The van der Waals surface area contributed by atoms with E-state index in [0.717, 1.165) is 17.8 Å². The van der Waals surface area contributed by atoms with Gasteiger partial charge in [0, 0.05) is 5.70 Å². The Morgan fingerprint density at radius 3 is 2.20 bits per heavy atom. The van der Waals surface area contributed by atoms with E-state index < -0.39 is 0 Å². The highest BCUT2D eigenvalue weighted by Crippen LogP contribution is 2.19. The molecule has 1 rings (SSSR count). The lowest BCUT2D eigenvalue weighted by Gasteiger charge is -2.22. The summed E-state index contributed by atoms with van der Waals surface area (Å²) in [5.74, 6) is 5.71. The molecule has 0 aliphatic heterocycles. The molecule has 0 heterocycles. The van der Waals surface area contributed by atoms with Crippen molar-refractivity contribution in [3.8, 4) is 0 Å². The van der Waals surface area contributed by atoms with Crippen molar-refractivity contribution in [3.63, 3.8) is 0 Å². The Morgan fingerprint density at radius 1 is 1.27 bits per heavy atom. The smallest absolute Gasteiger partial charge is 0.123 e. The first-order valence-corrected chi connectivity index (χ1v) is 5.03. The number of hydrogen-bond donors (Lipinski definition) is 1. The fraction of sp³-hybridized carbons (Fsp3) is 0.333. The Morgan fingerprint density at radius 2 is 1.80 bits per heavy atom.